The number of carbonyl (C=O) groups excluding carboxylic acids is 1. The van der Waals surface area contributed by atoms with Gasteiger partial charge in [-0.25, -0.2) is 0 Å². The van der Waals surface area contributed by atoms with Crippen LogP contribution in [0.3, 0.4) is 0 Å². The molecule has 31 heavy (non-hydrogen) atoms. The van der Waals surface area contributed by atoms with Crippen LogP contribution in [0.5, 0.6) is 0 Å². The highest BCUT2D eigenvalue weighted by Gasteiger charge is 2.13. The van der Waals surface area contributed by atoms with Crippen molar-refractivity contribution in [1.82, 2.24) is 19.3 Å². The Morgan fingerprint density at radius 1 is 1.26 bits per heavy atom. The number of carbonyl (C=O) groups is 1. The summed E-state index contributed by atoms with van der Waals surface area (Å²) < 4.78 is 3.89. The minimum absolute atomic E-state index is 0.0157. The molecule has 158 valence electrons. The molecule has 4 aromatic rings. The summed E-state index contributed by atoms with van der Waals surface area (Å²) >= 11 is 19.0. The number of H-pyrrole nitrogens is 1. The van der Waals surface area contributed by atoms with Crippen molar-refractivity contribution in [3.8, 4) is 11.4 Å². The van der Waals surface area contributed by atoms with Gasteiger partial charge >= 0.3 is 0 Å². The van der Waals surface area contributed by atoms with E-state index in [1.165, 1.54) is 11.3 Å². The fraction of sp³-hybridized carbons (Fsp3) is 0.143. The van der Waals surface area contributed by atoms with Gasteiger partial charge in [0, 0.05) is 27.2 Å². The summed E-state index contributed by atoms with van der Waals surface area (Å²) in [6.45, 7) is 2.46. The third-order valence-corrected chi connectivity index (χ3v) is 6.26. The number of halogens is 2. The zero-order chi connectivity index (χ0) is 22.0. The third-order valence-electron chi connectivity index (χ3n) is 4.56. The second kappa shape index (κ2) is 9.32. The molecule has 0 fully saturated rings. The molecule has 0 aliphatic rings. The standard InChI is InChI=1S/C21H17Cl2N5OS2/c1-13-3-2-4-14(9-13)19-25-26-20(30)28(19)12-18(29)24-21-27(7-8-31-21)11-15-5-6-16(22)10-17(15)23/h2-10H,11-12H2,1H3,(H,26,30). The highest BCUT2D eigenvalue weighted by molar-refractivity contribution is 7.71. The molecule has 0 unspecified atom stereocenters. The minimum Gasteiger partial charge on any atom is -0.319 e. The number of nitrogens with one attached hydrogen (secondary N) is 1. The van der Waals surface area contributed by atoms with Gasteiger partial charge in [0.25, 0.3) is 5.91 Å². The maximum Gasteiger partial charge on any atom is 0.268 e. The van der Waals surface area contributed by atoms with Crippen molar-refractivity contribution in [3.63, 3.8) is 0 Å². The van der Waals surface area contributed by atoms with Gasteiger partial charge in [0.2, 0.25) is 0 Å². The topological polar surface area (TPSA) is 68.0 Å². The molecule has 0 atom stereocenters. The largest absolute Gasteiger partial charge is 0.319 e. The zero-order valence-corrected chi connectivity index (χ0v) is 19.5. The molecule has 6 nitrogen and oxygen atoms in total. The van der Waals surface area contributed by atoms with E-state index in [4.69, 9.17) is 35.4 Å². The summed E-state index contributed by atoms with van der Waals surface area (Å²) in [5.41, 5.74) is 2.86. The van der Waals surface area contributed by atoms with E-state index in [0.717, 1.165) is 16.7 Å². The summed E-state index contributed by atoms with van der Waals surface area (Å²) in [4.78, 5) is 17.6. The quantitative estimate of drug-likeness (QED) is 0.388. The van der Waals surface area contributed by atoms with E-state index in [1.807, 2.05) is 53.4 Å². The Labute approximate surface area is 197 Å². The predicted octanol–water partition coefficient (Wildman–Crippen LogP) is 5.26. The number of thiazole rings is 1. The van der Waals surface area contributed by atoms with Crippen LogP contribution in [0.2, 0.25) is 10.0 Å². The molecule has 1 amide bonds. The maximum atomic E-state index is 12.8. The Bertz CT molecular complexity index is 1380. The van der Waals surface area contributed by atoms with Gasteiger partial charge in [0.05, 0.1) is 6.54 Å². The van der Waals surface area contributed by atoms with Gasteiger partial charge in [-0.05, 0) is 42.9 Å². The Balaban J connectivity index is 1.60. The van der Waals surface area contributed by atoms with E-state index in [-0.39, 0.29) is 12.5 Å². The van der Waals surface area contributed by atoms with Gasteiger partial charge in [-0.1, -0.05) is 53.0 Å². The van der Waals surface area contributed by atoms with E-state index >= 15 is 0 Å². The van der Waals surface area contributed by atoms with Crippen LogP contribution in [-0.2, 0) is 17.9 Å². The monoisotopic (exact) mass is 489 g/mol. The van der Waals surface area contributed by atoms with Crippen LogP contribution in [0.25, 0.3) is 11.4 Å². The number of hydrogen-bond donors (Lipinski definition) is 1. The van der Waals surface area contributed by atoms with Crippen molar-refractivity contribution >= 4 is 52.7 Å². The zero-order valence-electron chi connectivity index (χ0n) is 16.4. The van der Waals surface area contributed by atoms with Crippen molar-refractivity contribution in [2.24, 2.45) is 4.99 Å². The lowest BCUT2D eigenvalue weighted by molar-refractivity contribution is -0.118. The number of aryl methyl sites for hydroxylation is 1. The fourth-order valence-corrected chi connectivity index (χ4v) is 4.50. The Hall–Kier alpha value is -2.52. The van der Waals surface area contributed by atoms with Crippen LogP contribution < -0.4 is 4.80 Å². The predicted molar refractivity (Wildman–Crippen MR) is 126 cm³/mol. The molecule has 2 heterocycles. The molecule has 10 heteroatoms. The molecule has 1 N–H and O–H groups in total. The van der Waals surface area contributed by atoms with Crippen molar-refractivity contribution in [2.45, 2.75) is 20.0 Å². The molecule has 4 rings (SSSR count). The van der Waals surface area contributed by atoms with Crippen molar-refractivity contribution < 1.29 is 4.79 Å². The molecule has 2 aromatic carbocycles. The van der Waals surface area contributed by atoms with Crippen molar-refractivity contribution in [1.29, 1.82) is 0 Å². The van der Waals surface area contributed by atoms with Crippen LogP contribution in [-0.4, -0.2) is 25.2 Å². The molecule has 0 radical (unpaired) electrons. The molecule has 0 aliphatic carbocycles. The fourth-order valence-electron chi connectivity index (χ4n) is 3.09. The molecule has 0 bridgehead atoms. The van der Waals surface area contributed by atoms with Crippen LogP contribution >= 0.6 is 46.8 Å². The second-order valence-corrected chi connectivity index (χ2v) is 8.97. The molecule has 0 saturated carbocycles. The molecular weight excluding hydrogens is 473 g/mol. The van der Waals surface area contributed by atoms with E-state index in [9.17, 15) is 4.79 Å². The van der Waals surface area contributed by atoms with E-state index in [2.05, 4.69) is 15.2 Å². The number of benzene rings is 2. The normalized spacial score (nSPS) is 11.8. The Morgan fingerprint density at radius 3 is 2.87 bits per heavy atom. The molecule has 2 aromatic heterocycles. The molecule has 0 saturated heterocycles. The second-order valence-electron chi connectivity index (χ2n) is 6.86. The van der Waals surface area contributed by atoms with Gasteiger partial charge in [-0.3, -0.25) is 14.5 Å². The van der Waals surface area contributed by atoms with Gasteiger partial charge in [0.1, 0.15) is 6.54 Å². The smallest absolute Gasteiger partial charge is 0.268 e. The van der Waals surface area contributed by atoms with Crippen molar-refractivity contribution in [2.75, 3.05) is 0 Å². The SMILES string of the molecule is Cc1cccc(-c2n[nH]c(=S)n2CC(=O)N=c2sccn2Cc2ccc(Cl)cc2Cl)c1. The first-order valence-corrected chi connectivity index (χ1v) is 11.3. The van der Waals surface area contributed by atoms with Gasteiger partial charge in [-0.15, -0.1) is 11.3 Å². The van der Waals surface area contributed by atoms with Crippen LogP contribution in [0.1, 0.15) is 11.1 Å². The van der Waals surface area contributed by atoms with Crippen molar-refractivity contribution in [3.05, 3.63) is 84.8 Å². The number of nitrogens with zero attached hydrogens (tertiary/aromatic N) is 4. The number of hydrogen-bond acceptors (Lipinski definition) is 4. The first kappa shape index (κ1) is 21.7. The molecular formula is C21H17Cl2N5OS2. The van der Waals surface area contributed by atoms with Gasteiger partial charge in [0.15, 0.2) is 15.4 Å². The van der Waals surface area contributed by atoms with E-state index < -0.39 is 0 Å². The number of aromatic nitrogens is 4. The Kier molecular flexibility index (Phi) is 6.52. The summed E-state index contributed by atoms with van der Waals surface area (Å²) in [6.07, 6.45) is 1.86. The maximum absolute atomic E-state index is 12.8. The highest BCUT2D eigenvalue weighted by atomic mass is 35.5. The number of aromatic amines is 1. The summed E-state index contributed by atoms with van der Waals surface area (Å²) in [7, 11) is 0. The average Bonchev–Trinajstić information content (AvgIpc) is 3.31. The summed E-state index contributed by atoms with van der Waals surface area (Å²) in [5.74, 6) is 0.272. The summed E-state index contributed by atoms with van der Waals surface area (Å²) in [5, 5.41) is 10.1. The van der Waals surface area contributed by atoms with Gasteiger partial charge in [-0.2, -0.15) is 10.1 Å². The van der Waals surface area contributed by atoms with Crippen LogP contribution in [0.15, 0.2) is 59.0 Å². The average molecular weight is 490 g/mol. The Morgan fingerprint density at radius 2 is 2.10 bits per heavy atom. The highest BCUT2D eigenvalue weighted by Crippen LogP contribution is 2.22. The first-order valence-electron chi connectivity index (χ1n) is 9.28. The van der Waals surface area contributed by atoms with Crippen LogP contribution in [0.4, 0.5) is 0 Å². The van der Waals surface area contributed by atoms with E-state index in [0.29, 0.717) is 32.0 Å². The lowest BCUT2D eigenvalue weighted by atomic mass is 10.1. The lowest BCUT2D eigenvalue weighted by Gasteiger charge is -2.07. The number of amides is 1. The summed E-state index contributed by atoms with van der Waals surface area (Å²) in [6, 6.07) is 13.2. The molecule has 0 aliphatic heterocycles. The van der Waals surface area contributed by atoms with Gasteiger partial charge < -0.3 is 4.57 Å². The third kappa shape index (κ3) is 5.04. The van der Waals surface area contributed by atoms with Crippen LogP contribution in [0, 0.1) is 11.7 Å². The number of rotatable bonds is 5. The molecule has 0 spiro atoms. The lowest BCUT2D eigenvalue weighted by Crippen LogP contribution is -2.19. The minimum atomic E-state index is -0.329. The first-order chi connectivity index (χ1) is 14.9. The van der Waals surface area contributed by atoms with E-state index in [1.54, 1.807) is 16.7 Å².